The molecule has 0 unspecified atom stereocenters. The quantitative estimate of drug-likeness (QED) is 0.877. The summed E-state index contributed by atoms with van der Waals surface area (Å²) >= 11 is 0. The summed E-state index contributed by atoms with van der Waals surface area (Å²) in [6.45, 7) is 6.67. The number of rotatable bonds is 3. The molecule has 124 valence electrons. The molecule has 0 spiro atoms. The lowest BCUT2D eigenvalue weighted by molar-refractivity contribution is 0.272. The number of benzene rings is 1. The lowest BCUT2D eigenvalue weighted by atomic mass is 9.99. The molecule has 2 aromatic rings. The molecule has 4 heteroatoms. The van der Waals surface area contributed by atoms with Crippen LogP contribution in [0.4, 0.5) is 0 Å². The van der Waals surface area contributed by atoms with Gasteiger partial charge in [-0.3, -0.25) is 4.90 Å². The summed E-state index contributed by atoms with van der Waals surface area (Å²) in [6, 6.07) is 3.48. The maximum absolute atomic E-state index is 11.8. The van der Waals surface area contributed by atoms with Crippen LogP contribution in [0.25, 0.3) is 11.0 Å². The van der Waals surface area contributed by atoms with Crippen molar-refractivity contribution in [2.75, 3.05) is 13.1 Å². The van der Waals surface area contributed by atoms with E-state index in [4.69, 9.17) is 4.42 Å². The predicted octanol–water partition coefficient (Wildman–Crippen LogP) is 3.75. The van der Waals surface area contributed by atoms with Crippen LogP contribution in [0.3, 0.4) is 0 Å². The summed E-state index contributed by atoms with van der Waals surface area (Å²) in [5.41, 5.74) is 2.79. The van der Waals surface area contributed by atoms with Gasteiger partial charge in [0, 0.05) is 18.0 Å². The number of phenolic OH excluding ortho intramolecular Hbond substituents is 1. The number of aryl methyl sites for hydroxylation is 2. The van der Waals surface area contributed by atoms with E-state index >= 15 is 0 Å². The Balaban J connectivity index is 2.12. The van der Waals surface area contributed by atoms with E-state index in [1.54, 1.807) is 0 Å². The summed E-state index contributed by atoms with van der Waals surface area (Å²) in [6.07, 6.45) is 5.68. The second kappa shape index (κ2) is 6.75. The molecule has 1 aliphatic heterocycles. The second-order valence-electron chi connectivity index (χ2n) is 6.53. The summed E-state index contributed by atoms with van der Waals surface area (Å²) in [7, 11) is 0. The number of likely N-dealkylation sites (tertiary alicyclic amines) is 1. The van der Waals surface area contributed by atoms with Crippen LogP contribution in [0.5, 0.6) is 5.75 Å². The SMILES string of the molecule is CCc1cc2c(C)cc(=O)oc2c(CN2CCCCCC2)c1O. The number of hydrogen-bond acceptors (Lipinski definition) is 4. The first-order valence-electron chi connectivity index (χ1n) is 8.60. The Morgan fingerprint density at radius 3 is 2.52 bits per heavy atom. The number of aromatic hydroxyl groups is 1. The fourth-order valence-electron chi connectivity index (χ4n) is 3.50. The van der Waals surface area contributed by atoms with Crippen molar-refractivity contribution in [3.8, 4) is 5.75 Å². The van der Waals surface area contributed by atoms with Crippen LogP contribution in [0.1, 0.15) is 49.3 Å². The molecular weight excluding hydrogens is 290 g/mol. The molecule has 0 amide bonds. The van der Waals surface area contributed by atoms with E-state index in [0.717, 1.165) is 41.6 Å². The van der Waals surface area contributed by atoms with Gasteiger partial charge in [0.2, 0.25) is 0 Å². The molecule has 0 saturated carbocycles. The predicted molar refractivity (Wildman–Crippen MR) is 92.0 cm³/mol. The minimum Gasteiger partial charge on any atom is -0.507 e. The molecule has 0 aliphatic carbocycles. The van der Waals surface area contributed by atoms with Crippen molar-refractivity contribution in [1.82, 2.24) is 4.90 Å². The molecule has 1 aliphatic rings. The molecule has 3 rings (SSSR count). The van der Waals surface area contributed by atoms with Gasteiger partial charge >= 0.3 is 5.63 Å². The normalized spacial score (nSPS) is 16.6. The lowest BCUT2D eigenvalue weighted by Gasteiger charge is -2.22. The van der Waals surface area contributed by atoms with Crippen LogP contribution in [0.2, 0.25) is 0 Å². The van der Waals surface area contributed by atoms with Gasteiger partial charge in [0.15, 0.2) is 0 Å². The molecule has 23 heavy (non-hydrogen) atoms. The fraction of sp³-hybridized carbons (Fsp3) is 0.526. The number of fused-ring (bicyclic) bond motifs is 1. The van der Waals surface area contributed by atoms with Crippen LogP contribution in [-0.2, 0) is 13.0 Å². The molecular formula is C19H25NO3. The Bertz CT molecular complexity index is 755. The lowest BCUT2D eigenvalue weighted by Crippen LogP contribution is -2.24. The highest BCUT2D eigenvalue weighted by molar-refractivity contribution is 5.86. The highest BCUT2D eigenvalue weighted by Crippen LogP contribution is 2.33. The van der Waals surface area contributed by atoms with Crippen molar-refractivity contribution >= 4 is 11.0 Å². The topological polar surface area (TPSA) is 53.7 Å². The molecule has 0 bridgehead atoms. The van der Waals surface area contributed by atoms with Gasteiger partial charge in [0.1, 0.15) is 11.3 Å². The van der Waals surface area contributed by atoms with Crippen LogP contribution in [-0.4, -0.2) is 23.1 Å². The van der Waals surface area contributed by atoms with Gasteiger partial charge in [0.25, 0.3) is 0 Å². The van der Waals surface area contributed by atoms with Crippen LogP contribution in [0.15, 0.2) is 21.3 Å². The molecule has 4 nitrogen and oxygen atoms in total. The summed E-state index contributed by atoms with van der Waals surface area (Å²) in [5.74, 6) is 0.290. The largest absolute Gasteiger partial charge is 0.507 e. The Morgan fingerprint density at radius 1 is 1.17 bits per heavy atom. The van der Waals surface area contributed by atoms with Crippen LogP contribution in [0, 0.1) is 6.92 Å². The molecule has 1 saturated heterocycles. The van der Waals surface area contributed by atoms with Crippen molar-refractivity contribution in [2.45, 2.75) is 52.5 Å². The van der Waals surface area contributed by atoms with Gasteiger partial charge in [-0.2, -0.15) is 0 Å². The summed E-state index contributed by atoms with van der Waals surface area (Å²) < 4.78 is 5.48. The van der Waals surface area contributed by atoms with E-state index in [1.807, 2.05) is 19.9 Å². The minimum absolute atomic E-state index is 0.290. The Labute approximate surface area is 136 Å². The third-order valence-electron chi connectivity index (χ3n) is 4.85. The van der Waals surface area contributed by atoms with Gasteiger partial charge < -0.3 is 9.52 Å². The first-order valence-corrected chi connectivity index (χ1v) is 8.60. The molecule has 1 N–H and O–H groups in total. The number of hydrogen-bond donors (Lipinski definition) is 1. The third-order valence-corrected chi connectivity index (χ3v) is 4.85. The van der Waals surface area contributed by atoms with Gasteiger partial charge in [-0.25, -0.2) is 4.79 Å². The maximum atomic E-state index is 11.8. The van der Waals surface area contributed by atoms with E-state index in [0.29, 0.717) is 12.1 Å². The Kier molecular flexibility index (Phi) is 4.71. The van der Waals surface area contributed by atoms with Gasteiger partial charge in [-0.1, -0.05) is 19.8 Å². The molecule has 1 aromatic carbocycles. The standard InChI is InChI=1S/C19H25NO3/c1-3-14-11-15-13(2)10-17(21)23-19(15)16(18(14)22)12-20-8-6-4-5-7-9-20/h10-11,22H,3-9,12H2,1-2H3. The van der Waals surface area contributed by atoms with Crippen molar-refractivity contribution in [1.29, 1.82) is 0 Å². The molecule has 1 fully saturated rings. The third kappa shape index (κ3) is 3.27. The van der Waals surface area contributed by atoms with E-state index in [-0.39, 0.29) is 11.4 Å². The highest BCUT2D eigenvalue weighted by atomic mass is 16.4. The summed E-state index contributed by atoms with van der Waals surface area (Å²) in [5, 5.41) is 11.6. The van der Waals surface area contributed by atoms with E-state index < -0.39 is 0 Å². The zero-order chi connectivity index (χ0) is 16.4. The number of phenols is 1. The first kappa shape index (κ1) is 16.1. The molecule has 1 aromatic heterocycles. The van der Waals surface area contributed by atoms with Crippen LogP contribution < -0.4 is 5.63 Å². The Hall–Kier alpha value is -1.81. The maximum Gasteiger partial charge on any atom is 0.336 e. The van der Waals surface area contributed by atoms with Gasteiger partial charge in [-0.15, -0.1) is 0 Å². The second-order valence-corrected chi connectivity index (χ2v) is 6.53. The van der Waals surface area contributed by atoms with E-state index in [9.17, 15) is 9.90 Å². The van der Waals surface area contributed by atoms with Gasteiger partial charge in [-0.05, 0) is 56.5 Å². The van der Waals surface area contributed by atoms with Crippen molar-refractivity contribution in [3.05, 3.63) is 39.2 Å². The molecule has 0 radical (unpaired) electrons. The van der Waals surface area contributed by atoms with E-state index in [2.05, 4.69) is 4.90 Å². The average Bonchev–Trinajstić information content (AvgIpc) is 2.79. The summed E-state index contributed by atoms with van der Waals surface area (Å²) in [4.78, 5) is 14.2. The van der Waals surface area contributed by atoms with Crippen molar-refractivity contribution < 1.29 is 9.52 Å². The van der Waals surface area contributed by atoms with Crippen molar-refractivity contribution in [2.24, 2.45) is 0 Å². The zero-order valence-corrected chi connectivity index (χ0v) is 14.0. The smallest absolute Gasteiger partial charge is 0.336 e. The monoisotopic (exact) mass is 315 g/mol. The Morgan fingerprint density at radius 2 is 1.87 bits per heavy atom. The highest BCUT2D eigenvalue weighted by Gasteiger charge is 2.19. The minimum atomic E-state index is -0.351. The zero-order valence-electron chi connectivity index (χ0n) is 14.0. The number of nitrogens with zero attached hydrogens (tertiary/aromatic N) is 1. The average molecular weight is 315 g/mol. The van der Waals surface area contributed by atoms with Gasteiger partial charge in [0.05, 0.1) is 5.56 Å². The van der Waals surface area contributed by atoms with E-state index in [1.165, 1.54) is 31.7 Å². The van der Waals surface area contributed by atoms with Crippen LogP contribution >= 0.6 is 0 Å². The fourth-order valence-corrected chi connectivity index (χ4v) is 3.50. The first-order chi connectivity index (χ1) is 11.1. The molecule has 2 heterocycles. The molecule has 0 atom stereocenters. The van der Waals surface area contributed by atoms with Crippen molar-refractivity contribution in [3.63, 3.8) is 0 Å².